The third-order valence-electron chi connectivity index (χ3n) is 4.48. The highest BCUT2D eigenvalue weighted by atomic mass is 16.3. The summed E-state index contributed by atoms with van der Waals surface area (Å²) in [5.41, 5.74) is 1.42. The second-order valence-corrected chi connectivity index (χ2v) is 6.39. The van der Waals surface area contributed by atoms with Crippen molar-refractivity contribution < 1.29 is 10.2 Å². The number of benzene rings is 2. The fourth-order valence-corrected chi connectivity index (χ4v) is 2.92. The number of hydrogen-bond acceptors (Lipinski definition) is 5. The van der Waals surface area contributed by atoms with E-state index >= 15 is 0 Å². The molecule has 0 aliphatic rings. The zero-order valence-electron chi connectivity index (χ0n) is 14.7. The molecule has 3 aromatic rings. The van der Waals surface area contributed by atoms with Crippen molar-refractivity contribution in [3.63, 3.8) is 0 Å². The molecule has 2 atom stereocenters. The standard InChI is InChI=1S/C20H23N3O3/c1-14(19(25)15-7-9-16(24)10-8-15)21-11-4-12-23-13-22-18-6-3-2-5-17(18)20(23)26/h2-3,5-10,13-14,19,21,24-25H,4,11-12H2,1H3. The lowest BCUT2D eigenvalue weighted by atomic mass is 10.0. The summed E-state index contributed by atoms with van der Waals surface area (Å²) in [4.78, 5) is 16.7. The Balaban J connectivity index is 1.53. The fourth-order valence-electron chi connectivity index (χ4n) is 2.92. The summed E-state index contributed by atoms with van der Waals surface area (Å²) >= 11 is 0. The lowest BCUT2D eigenvalue weighted by Crippen LogP contribution is -2.33. The molecule has 0 amide bonds. The predicted molar refractivity (Wildman–Crippen MR) is 101 cm³/mol. The number of aromatic nitrogens is 2. The van der Waals surface area contributed by atoms with Crippen LogP contribution >= 0.6 is 0 Å². The lowest BCUT2D eigenvalue weighted by Gasteiger charge is -2.21. The Bertz CT molecular complexity index is 921. The quantitative estimate of drug-likeness (QED) is 0.567. The van der Waals surface area contributed by atoms with E-state index in [9.17, 15) is 15.0 Å². The van der Waals surface area contributed by atoms with Crippen LogP contribution in [0.1, 0.15) is 25.0 Å². The van der Waals surface area contributed by atoms with Crippen molar-refractivity contribution in [1.29, 1.82) is 0 Å². The molecule has 6 heteroatoms. The Kier molecular flexibility index (Phi) is 5.65. The first-order valence-electron chi connectivity index (χ1n) is 8.71. The molecule has 0 radical (unpaired) electrons. The molecule has 26 heavy (non-hydrogen) atoms. The minimum atomic E-state index is -0.666. The number of rotatable bonds is 7. The first-order valence-corrected chi connectivity index (χ1v) is 8.71. The molecule has 1 heterocycles. The van der Waals surface area contributed by atoms with Crippen molar-refractivity contribution in [1.82, 2.24) is 14.9 Å². The minimum Gasteiger partial charge on any atom is -0.508 e. The van der Waals surface area contributed by atoms with Crippen LogP contribution in [-0.4, -0.2) is 32.4 Å². The number of para-hydroxylation sites is 1. The third kappa shape index (κ3) is 4.09. The average Bonchev–Trinajstić information content (AvgIpc) is 2.67. The molecule has 0 spiro atoms. The minimum absolute atomic E-state index is 0.0345. The van der Waals surface area contributed by atoms with E-state index in [0.717, 1.165) is 12.0 Å². The summed E-state index contributed by atoms with van der Waals surface area (Å²) in [5.74, 6) is 0.177. The van der Waals surface area contributed by atoms with Gasteiger partial charge in [0.1, 0.15) is 5.75 Å². The van der Waals surface area contributed by atoms with Crippen molar-refractivity contribution in [2.45, 2.75) is 32.0 Å². The Morgan fingerprint density at radius 2 is 1.88 bits per heavy atom. The monoisotopic (exact) mass is 353 g/mol. The first-order chi connectivity index (χ1) is 12.6. The van der Waals surface area contributed by atoms with E-state index in [4.69, 9.17) is 0 Å². The highest BCUT2D eigenvalue weighted by Gasteiger charge is 2.15. The van der Waals surface area contributed by atoms with Gasteiger partial charge in [-0.25, -0.2) is 4.98 Å². The van der Waals surface area contributed by atoms with Crippen molar-refractivity contribution >= 4 is 10.9 Å². The molecule has 1 aromatic heterocycles. The van der Waals surface area contributed by atoms with Crippen LogP contribution in [0.2, 0.25) is 0 Å². The number of aliphatic hydroxyl groups is 1. The van der Waals surface area contributed by atoms with Crippen LogP contribution in [0.4, 0.5) is 0 Å². The van der Waals surface area contributed by atoms with E-state index in [1.165, 1.54) is 0 Å². The fraction of sp³-hybridized carbons (Fsp3) is 0.300. The average molecular weight is 353 g/mol. The van der Waals surface area contributed by atoms with Crippen LogP contribution in [0.5, 0.6) is 5.75 Å². The predicted octanol–water partition coefficient (Wildman–Crippen LogP) is 2.20. The topological polar surface area (TPSA) is 87.4 Å². The molecule has 0 saturated heterocycles. The van der Waals surface area contributed by atoms with Gasteiger partial charge in [0.05, 0.1) is 23.3 Å². The van der Waals surface area contributed by atoms with Gasteiger partial charge in [-0.1, -0.05) is 24.3 Å². The number of aryl methyl sites for hydroxylation is 1. The molecule has 0 bridgehead atoms. The Labute approximate surface area is 151 Å². The number of aromatic hydroxyl groups is 1. The second kappa shape index (κ2) is 8.12. The Morgan fingerprint density at radius 3 is 2.65 bits per heavy atom. The molecule has 3 rings (SSSR count). The van der Waals surface area contributed by atoms with Gasteiger partial charge in [0.25, 0.3) is 5.56 Å². The van der Waals surface area contributed by atoms with Crippen molar-refractivity contribution in [2.75, 3.05) is 6.54 Å². The number of nitrogens with one attached hydrogen (secondary N) is 1. The number of fused-ring (bicyclic) bond motifs is 1. The maximum Gasteiger partial charge on any atom is 0.261 e. The largest absolute Gasteiger partial charge is 0.508 e. The Morgan fingerprint density at radius 1 is 1.15 bits per heavy atom. The summed E-state index contributed by atoms with van der Waals surface area (Å²) in [6.07, 6.45) is 1.66. The second-order valence-electron chi connectivity index (χ2n) is 6.39. The van der Waals surface area contributed by atoms with Crippen molar-refractivity contribution in [3.05, 3.63) is 70.8 Å². The smallest absolute Gasteiger partial charge is 0.261 e. The molecule has 0 fully saturated rings. The van der Waals surface area contributed by atoms with Crippen LogP contribution < -0.4 is 10.9 Å². The summed E-state index contributed by atoms with van der Waals surface area (Å²) in [6.45, 7) is 3.13. The first kappa shape index (κ1) is 18.1. The number of nitrogens with zero attached hydrogens (tertiary/aromatic N) is 2. The number of phenolic OH excluding ortho intramolecular Hbond substituents is 1. The van der Waals surface area contributed by atoms with Crippen LogP contribution in [0.15, 0.2) is 59.7 Å². The molecular weight excluding hydrogens is 330 g/mol. The van der Waals surface area contributed by atoms with Crippen LogP contribution in [0, 0.1) is 0 Å². The van der Waals surface area contributed by atoms with Gasteiger partial charge in [-0.3, -0.25) is 9.36 Å². The molecule has 0 saturated carbocycles. The zero-order valence-corrected chi connectivity index (χ0v) is 14.7. The third-order valence-corrected chi connectivity index (χ3v) is 4.48. The summed E-state index contributed by atoms with van der Waals surface area (Å²) in [6, 6.07) is 13.7. The van der Waals surface area contributed by atoms with Crippen molar-refractivity contribution in [3.8, 4) is 5.75 Å². The normalized spacial score (nSPS) is 13.6. The molecule has 0 aliphatic carbocycles. The molecule has 0 aliphatic heterocycles. The lowest BCUT2D eigenvalue weighted by molar-refractivity contribution is 0.136. The molecule has 3 N–H and O–H groups in total. The number of hydrogen-bond donors (Lipinski definition) is 3. The molecule has 136 valence electrons. The highest BCUT2D eigenvalue weighted by molar-refractivity contribution is 5.76. The van der Waals surface area contributed by atoms with Gasteiger partial charge in [0.2, 0.25) is 0 Å². The van der Waals surface area contributed by atoms with E-state index in [2.05, 4.69) is 10.3 Å². The van der Waals surface area contributed by atoms with Gasteiger partial charge in [-0.2, -0.15) is 0 Å². The highest BCUT2D eigenvalue weighted by Crippen LogP contribution is 2.19. The van der Waals surface area contributed by atoms with Crippen molar-refractivity contribution in [2.24, 2.45) is 0 Å². The number of aliphatic hydroxyl groups excluding tert-OH is 1. The van der Waals surface area contributed by atoms with Gasteiger partial charge in [0.15, 0.2) is 0 Å². The van der Waals surface area contributed by atoms with E-state index in [0.29, 0.717) is 24.0 Å². The maximum absolute atomic E-state index is 12.4. The van der Waals surface area contributed by atoms with E-state index in [1.54, 1.807) is 41.2 Å². The van der Waals surface area contributed by atoms with E-state index in [1.807, 2.05) is 25.1 Å². The van der Waals surface area contributed by atoms with Gasteiger partial charge in [-0.05, 0) is 49.7 Å². The Hall–Kier alpha value is -2.70. The summed E-state index contributed by atoms with van der Waals surface area (Å²) in [7, 11) is 0. The van der Waals surface area contributed by atoms with Gasteiger partial charge in [0, 0.05) is 12.6 Å². The van der Waals surface area contributed by atoms with E-state index in [-0.39, 0.29) is 17.4 Å². The summed E-state index contributed by atoms with van der Waals surface area (Å²) < 4.78 is 1.62. The summed E-state index contributed by atoms with van der Waals surface area (Å²) in [5, 5.41) is 23.6. The molecular formula is C20H23N3O3. The molecule has 6 nitrogen and oxygen atoms in total. The van der Waals surface area contributed by atoms with Gasteiger partial charge >= 0.3 is 0 Å². The van der Waals surface area contributed by atoms with Gasteiger partial charge in [-0.15, -0.1) is 0 Å². The molecule has 2 aromatic carbocycles. The van der Waals surface area contributed by atoms with Gasteiger partial charge < -0.3 is 15.5 Å². The SMILES string of the molecule is CC(NCCCn1cnc2ccccc2c1=O)C(O)c1ccc(O)cc1. The molecule has 2 unspecified atom stereocenters. The zero-order chi connectivity index (χ0) is 18.5. The van der Waals surface area contributed by atoms with Crippen LogP contribution in [0.3, 0.4) is 0 Å². The van der Waals surface area contributed by atoms with E-state index < -0.39 is 6.10 Å². The van der Waals surface area contributed by atoms with Crippen LogP contribution in [-0.2, 0) is 6.54 Å². The maximum atomic E-state index is 12.4. The van der Waals surface area contributed by atoms with Crippen LogP contribution in [0.25, 0.3) is 10.9 Å². The number of phenols is 1.